The number of nitrogens with zero attached hydrogens (tertiary/aromatic N) is 3. The van der Waals surface area contributed by atoms with E-state index in [4.69, 9.17) is 21.4 Å². The van der Waals surface area contributed by atoms with Crippen LogP contribution in [0.2, 0.25) is 5.02 Å². The van der Waals surface area contributed by atoms with Gasteiger partial charge in [-0.3, -0.25) is 4.90 Å². The molecule has 6 rings (SSSR count). The Morgan fingerprint density at radius 1 is 1.00 bits per heavy atom. The molecule has 6 heteroatoms. The molecule has 168 valence electrons. The molecule has 0 bridgehead atoms. The third kappa shape index (κ3) is 3.96. The number of fused-ring (bicyclic) bond motifs is 4. The molecular formula is C27H25BrClN3O. The van der Waals surface area contributed by atoms with Gasteiger partial charge in [0, 0.05) is 54.0 Å². The fraction of sp³-hybridized carbons (Fsp3) is 0.296. The summed E-state index contributed by atoms with van der Waals surface area (Å²) in [5.74, 6) is 0.949. The van der Waals surface area contributed by atoms with Gasteiger partial charge in [-0.2, -0.15) is 5.10 Å². The normalized spacial score (nSPS) is 21.3. The van der Waals surface area contributed by atoms with E-state index in [0.717, 1.165) is 71.0 Å². The molecule has 0 radical (unpaired) electrons. The van der Waals surface area contributed by atoms with E-state index in [0.29, 0.717) is 0 Å². The van der Waals surface area contributed by atoms with Crippen LogP contribution in [0.1, 0.15) is 42.0 Å². The first-order valence-electron chi connectivity index (χ1n) is 11.5. The van der Waals surface area contributed by atoms with Gasteiger partial charge in [-0.05, 0) is 41.5 Å². The van der Waals surface area contributed by atoms with Gasteiger partial charge in [0.15, 0.2) is 0 Å². The molecule has 0 saturated carbocycles. The number of hydrogen-bond acceptors (Lipinski definition) is 4. The van der Waals surface area contributed by atoms with E-state index in [1.54, 1.807) is 0 Å². The molecule has 0 amide bonds. The van der Waals surface area contributed by atoms with Gasteiger partial charge in [0.05, 0.1) is 11.8 Å². The number of piperidine rings is 1. The zero-order valence-electron chi connectivity index (χ0n) is 18.3. The van der Waals surface area contributed by atoms with Crippen LogP contribution < -0.4 is 4.74 Å². The second kappa shape index (κ2) is 8.46. The molecule has 33 heavy (non-hydrogen) atoms. The van der Waals surface area contributed by atoms with E-state index in [1.165, 1.54) is 5.56 Å². The highest BCUT2D eigenvalue weighted by Gasteiger charge is 2.51. The largest absolute Gasteiger partial charge is 0.466 e. The lowest BCUT2D eigenvalue weighted by molar-refractivity contribution is -0.150. The third-order valence-corrected chi connectivity index (χ3v) is 7.79. The quantitative estimate of drug-likeness (QED) is 0.386. The number of benzene rings is 3. The first-order valence-corrected chi connectivity index (χ1v) is 12.6. The van der Waals surface area contributed by atoms with E-state index in [9.17, 15) is 0 Å². The topological polar surface area (TPSA) is 28.1 Å². The number of likely N-dealkylation sites (tertiary alicyclic amines) is 1. The van der Waals surface area contributed by atoms with E-state index in [2.05, 4.69) is 80.4 Å². The minimum Gasteiger partial charge on any atom is -0.466 e. The number of ether oxygens (including phenoxy) is 1. The molecular weight excluding hydrogens is 498 g/mol. The zero-order chi connectivity index (χ0) is 22.4. The lowest BCUT2D eigenvalue weighted by Gasteiger charge is -2.51. The lowest BCUT2D eigenvalue weighted by Crippen LogP contribution is -2.59. The summed E-state index contributed by atoms with van der Waals surface area (Å²) < 4.78 is 7.83. The van der Waals surface area contributed by atoms with Crippen molar-refractivity contribution in [3.8, 4) is 5.75 Å². The van der Waals surface area contributed by atoms with Crippen molar-refractivity contribution >= 4 is 33.2 Å². The summed E-state index contributed by atoms with van der Waals surface area (Å²) in [6.07, 6.45) is 2.68. The fourth-order valence-corrected chi connectivity index (χ4v) is 5.75. The van der Waals surface area contributed by atoms with Crippen molar-refractivity contribution in [2.45, 2.75) is 37.6 Å². The van der Waals surface area contributed by atoms with Crippen LogP contribution in [0.5, 0.6) is 5.75 Å². The van der Waals surface area contributed by atoms with Gasteiger partial charge in [-0.25, -0.2) is 5.01 Å². The average Bonchev–Trinajstić information content (AvgIpc) is 3.29. The molecule has 0 aliphatic carbocycles. The summed E-state index contributed by atoms with van der Waals surface area (Å²) in [5, 5.41) is 8.16. The molecule has 0 aromatic heterocycles. The van der Waals surface area contributed by atoms with Crippen molar-refractivity contribution in [1.29, 1.82) is 0 Å². The van der Waals surface area contributed by atoms with Crippen LogP contribution in [0.3, 0.4) is 0 Å². The Bertz CT molecular complexity index is 1190. The molecule has 3 heterocycles. The molecule has 3 aromatic carbocycles. The van der Waals surface area contributed by atoms with Gasteiger partial charge in [0.2, 0.25) is 5.72 Å². The molecule has 4 nitrogen and oxygen atoms in total. The van der Waals surface area contributed by atoms with Gasteiger partial charge < -0.3 is 4.74 Å². The van der Waals surface area contributed by atoms with Gasteiger partial charge in [0.1, 0.15) is 5.75 Å². The van der Waals surface area contributed by atoms with Crippen LogP contribution in [0, 0.1) is 0 Å². The summed E-state index contributed by atoms with van der Waals surface area (Å²) in [6.45, 7) is 2.92. The lowest BCUT2D eigenvalue weighted by atomic mass is 9.90. The third-order valence-electron chi connectivity index (χ3n) is 7.02. The van der Waals surface area contributed by atoms with Crippen molar-refractivity contribution < 1.29 is 4.74 Å². The van der Waals surface area contributed by atoms with E-state index in [1.807, 2.05) is 18.2 Å². The average molecular weight is 523 g/mol. The summed E-state index contributed by atoms with van der Waals surface area (Å²) in [4.78, 5) is 2.52. The van der Waals surface area contributed by atoms with Crippen molar-refractivity contribution in [2.75, 3.05) is 13.1 Å². The molecule has 3 aliphatic heterocycles. The second-order valence-corrected chi connectivity index (χ2v) is 10.5. The van der Waals surface area contributed by atoms with Gasteiger partial charge >= 0.3 is 0 Å². The van der Waals surface area contributed by atoms with E-state index < -0.39 is 5.72 Å². The summed E-state index contributed by atoms with van der Waals surface area (Å²) in [7, 11) is 0. The molecule has 3 aromatic rings. The van der Waals surface area contributed by atoms with E-state index in [-0.39, 0.29) is 6.04 Å². The summed E-state index contributed by atoms with van der Waals surface area (Å²) in [6, 6.07) is 25.3. The van der Waals surface area contributed by atoms with Gasteiger partial charge in [-0.15, -0.1) is 0 Å². The van der Waals surface area contributed by atoms with Crippen molar-refractivity contribution in [1.82, 2.24) is 9.91 Å². The molecule has 1 fully saturated rings. The first-order chi connectivity index (χ1) is 16.1. The smallest absolute Gasteiger partial charge is 0.200 e. The predicted molar refractivity (Wildman–Crippen MR) is 136 cm³/mol. The van der Waals surface area contributed by atoms with Crippen molar-refractivity contribution in [2.24, 2.45) is 5.10 Å². The molecule has 1 atom stereocenters. The Morgan fingerprint density at radius 3 is 2.52 bits per heavy atom. The number of hydrogen-bond donors (Lipinski definition) is 0. The fourth-order valence-electron chi connectivity index (χ4n) is 5.30. The highest BCUT2D eigenvalue weighted by molar-refractivity contribution is 9.10. The standard InChI is InChI=1S/C27H25BrClN3O/c28-21-8-6-20(7-9-21)24-17-25-23-16-22(29)10-11-26(23)33-27(32(25)30-24)12-14-31(15-13-27)18-19-4-2-1-3-5-19/h1-11,16,25H,12-15,17-18H2/t25-/m0/s1. The minimum absolute atomic E-state index is 0.145. The number of halogens is 2. The summed E-state index contributed by atoms with van der Waals surface area (Å²) >= 11 is 9.93. The first kappa shape index (κ1) is 21.2. The second-order valence-electron chi connectivity index (χ2n) is 9.11. The maximum absolute atomic E-state index is 6.76. The SMILES string of the molecule is Clc1ccc2c(c1)[C@@H]1CC(c3ccc(Br)cc3)=NN1C1(CCN(Cc3ccccc3)CC1)O2. The Balaban J connectivity index is 1.31. The zero-order valence-corrected chi connectivity index (χ0v) is 20.6. The molecule has 0 N–H and O–H groups in total. The van der Waals surface area contributed by atoms with Crippen molar-refractivity contribution in [3.05, 3.63) is 99.0 Å². The van der Waals surface area contributed by atoms with Gasteiger partial charge in [0.25, 0.3) is 0 Å². The Hall–Kier alpha value is -2.34. The highest BCUT2D eigenvalue weighted by atomic mass is 79.9. The summed E-state index contributed by atoms with van der Waals surface area (Å²) in [5.41, 5.74) is 4.33. The minimum atomic E-state index is -0.421. The van der Waals surface area contributed by atoms with Crippen LogP contribution in [0.15, 0.2) is 82.4 Å². The Morgan fingerprint density at radius 2 is 1.76 bits per heavy atom. The predicted octanol–water partition coefficient (Wildman–Crippen LogP) is 6.64. The van der Waals surface area contributed by atoms with Crippen LogP contribution >= 0.6 is 27.5 Å². The highest BCUT2D eigenvalue weighted by Crippen LogP contribution is 2.50. The maximum Gasteiger partial charge on any atom is 0.200 e. The molecule has 3 aliphatic rings. The van der Waals surface area contributed by atoms with Crippen LogP contribution in [0.25, 0.3) is 0 Å². The Labute approximate surface area is 207 Å². The maximum atomic E-state index is 6.76. The van der Waals surface area contributed by atoms with Gasteiger partial charge in [-0.1, -0.05) is 70.0 Å². The molecule has 0 unspecified atom stereocenters. The monoisotopic (exact) mass is 521 g/mol. The molecule has 1 saturated heterocycles. The van der Waals surface area contributed by atoms with Crippen molar-refractivity contribution in [3.63, 3.8) is 0 Å². The van der Waals surface area contributed by atoms with Crippen LogP contribution in [-0.2, 0) is 6.54 Å². The van der Waals surface area contributed by atoms with E-state index >= 15 is 0 Å². The Kier molecular flexibility index (Phi) is 5.44. The van der Waals surface area contributed by atoms with Crippen LogP contribution in [0.4, 0.5) is 0 Å². The molecule has 1 spiro atoms. The number of hydrazone groups is 1. The van der Waals surface area contributed by atoms with Crippen LogP contribution in [-0.4, -0.2) is 34.4 Å². The number of rotatable bonds is 3.